The van der Waals surface area contributed by atoms with Crippen molar-refractivity contribution in [3.05, 3.63) is 57.6 Å². The zero-order valence-electron chi connectivity index (χ0n) is 28.7. The first-order valence-electron chi connectivity index (χ1n) is 16.0. The fourth-order valence-corrected chi connectivity index (χ4v) is 8.08. The highest BCUT2D eigenvalue weighted by Gasteiger charge is 2.34. The van der Waals surface area contributed by atoms with Gasteiger partial charge in [0.05, 0.1) is 6.61 Å². The topological polar surface area (TPSA) is 9.23 Å². The van der Waals surface area contributed by atoms with Gasteiger partial charge in [0.25, 0.3) is 0 Å². The quantitative estimate of drug-likeness (QED) is 0.304. The fourth-order valence-electron chi connectivity index (χ4n) is 5.98. The highest BCUT2D eigenvalue weighted by Crippen LogP contribution is 2.56. The molecule has 1 aliphatic rings. The molecule has 0 bridgehead atoms. The Balaban J connectivity index is 2.35. The van der Waals surface area contributed by atoms with Gasteiger partial charge in [0, 0.05) is 20.5 Å². The Morgan fingerprint density at radius 2 is 1.07 bits per heavy atom. The highest BCUT2D eigenvalue weighted by atomic mass is 31.1. The maximum atomic E-state index is 7.02. The van der Waals surface area contributed by atoms with Gasteiger partial charge in [-0.2, -0.15) is 0 Å². The Morgan fingerprint density at radius 3 is 1.40 bits per heavy atom. The van der Waals surface area contributed by atoms with Crippen LogP contribution in [-0.2, 0) is 38.5 Å². The Labute approximate surface area is 250 Å². The molecule has 1 aliphatic heterocycles. The van der Waals surface area contributed by atoms with Crippen LogP contribution in [0.25, 0.3) is 11.1 Å². The Bertz CT molecular complexity index is 1080. The van der Waals surface area contributed by atoms with Gasteiger partial charge in [0.15, 0.2) is 0 Å². The first kappa shape index (κ1) is 33.3. The first-order valence-corrected chi connectivity index (χ1v) is 17.6. The van der Waals surface area contributed by atoms with Crippen LogP contribution in [0.5, 0.6) is 0 Å². The summed E-state index contributed by atoms with van der Waals surface area (Å²) in [6, 6.07) is 10.2. The van der Waals surface area contributed by atoms with E-state index in [1.54, 1.807) is 0 Å². The molecule has 40 heavy (non-hydrogen) atoms. The molecule has 0 aromatic heterocycles. The maximum Gasteiger partial charge on any atom is 0.0537 e. The Kier molecular flexibility index (Phi) is 10.2. The molecule has 2 heteroatoms. The molecule has 1 heterocycles. The van der Waals surface area contributed by atoms with E-state index in [-0.39, 0.29) is 21.7 Å². The molecule has 0 saturated carbocycles. The number of hydrogen-bond acceptors (Lipinski definition) is 1. The van der Waals surface area contributed by atoms with Crippen LogP contribution in [0, 0.1) is 5.92 Å². The number of unbranched alkanes of at least 4 members (excludes halogenated alkanes) is 1. The number of hydrogen-bond donors (Lipinski definition) is 0. The van der Waals surface area contributed by atoms with Crippen molar-refractivity contribution >= 4 is 8.15 Å². The smallest absolute Gasteiger partial charge is 0.0537 e. The lowest BCUT2D eigenvalue weighted by atomic mass is 9.73. The zero-order chi connectivity index (χ0) is 30.3. The molecule has 3 rings (SSSR count). The van der Waals surface area contributed by atoms with Gasteiger partial charge >= 0.3 is 0 Å². The summed E-state index contributed by atoms with van der Waals surface area (Å²) in [6.07, 6.45) is 7.17. The molecule has 1 nitrogen and oxygen atoms in total. The van der Waals surface area contributed by atoms with Crippen LogP contribution >= 0.6 is 8.15 Å². The standard InChI is InChI=1S/C38H61OP/c1-15-17-18-26(16-2)23-39-40-24-31-29(19-27(35(3,4)5)21-33(31)37(9,10)11)30-20-28(36(6,7)8)22-34(32(30)25-40)38(12,13)14/h19-22,26H,15-18,23-25H2,1-14H3. The minimum absolute atomic E-state index is 0.0679. The molecule has 0 saturated heterocycles. The van der Waals surface area contributed by atoms with Gasteiger partial charge in [-0.3, -0.25) is 0 Å². The average Bonchev–Trinajstić information content (AvgIpc) is 2.97. The molecule has 1 unspecified atom stereocenters. The molecule has 0 aliphatic carbocycles. The van der Waals surface area contributed by atoms with Crippen molar-refractivity contribution in [3.8, 4) is 11.1 Å². The predicted molar refractivity (Wildman–Crippen MR) is 180 cm³/mol. The van der Waals surface area contributed by atoms with Gasteiger partial charge in [0.1, 0.15) is 0 Å². The third-order valence-electron chi connectivity index (χ3n) is 8.84. The van der Waals surface area contributed by atoms with E-state index in [4.69, 9.17) is 4.52 Å². The number of rotatable bonds is 7. The lowest BCUT2D eigenvalue weighted by Crippen LogP contribution is -2.20. The summed E-state index contributed by atoms with van der Waals surface area (Å²) < 4.78 is 7.02. The van der Waals surface area contributed by atoms with Crippen molar-refractivity contribution in [1.29, 1.82) is 0 Å². The van der Waals surface area contributed by atoms with Gasteiger partial charge in [-0.25, -0.2) is 0 Å². The molecule has 224 valence electrons. The monoisotopic (exact) mass is 564 g/mol. The van der Waals surface area contributed by atoms with Gasteiger partial charge in [-0.15, -0.1) is 0 Å². The highest BCUT2D eigenvalue weighted by molar-refractivity contribution is 7.50. The van der Waals surface area contributed by atoms with E-state index in [2.05, 4.69) is 121 Å². The van der Waals surface area contributed by atoms with E-state index in [1.807, 2.05) is 0 Å². The van der Waals surface area contributed by atoms with Gasteiger partial charge in [0.2, 0.25) is 0 Å². The minimum atomic E-state index is -0.627. The van der Waals surface area contributed by atoms with Crippen LogP contribution in [0.1, 0.15) is 156 Å². The van der Waals surface area contributed by atoms with E-state index in [0.717, 1.165) is 18.9 Å². The van der Waals surface area contributed by atoms with Crippen LogP contribution in [-0.4, -0.2) is 6.61 Å². The second kappa shape index (κ2) is 12.2. The first-order chi connectivity index (χ1) is 18.3. The van der Waals surface area contributed by atoms with Gasteiger partial charge in [-0.05, 0) is 78.5 Å². The lowest BCUT2D eigenvalue weighted by Gasteiger charge is -2.31. The third-order valence-corrected chi connectivity index (χ3v) is 10.7. The number of benzene rings is 2. The summed E-state index contributed by atoms with van der Waals surface area (Å²) in [5.74, 6) is 0.667. The lowest BCUT2D eigenvalue weighted by molar-refractivity contribution is 0.253. The molecule has 0 radical (unpaired) electrons. The van der Waals surface area contributed by atoms with Crippen LogP contribution in [0.3, 0.4) is 0 Å². The van der Waals surface area contributed by atoms with Crippen molar-refractivity contribution < 1.29 is 4.52 Å². The molecule has 0 fully saturated rings. The van der Waals surface area contributed by atoms with Crippen LogP contribution in [0.4, 0.5) is 0 Å². The molecule has 2 aromatic rings. The summed E-state index contributed by atoms with van der Waals surface area (Å²) >= 11 is 0. The average molecular weight is 565 g/mol. The van der Waals surface area contributed by atoms with Crippen molar-refractivity contribution in [2.45, 2.75) is 157 Å². The van der Waals surface area contributed by atoms with Gasteiger partial charge in [-0.1, -0.05) is 140 Å². The second-order valence-corrected chi connectivity index (χ2v) is 18.5. The molecule has 0 amide bonds. The Morgan fingerprint density at radius 1 is 0.650 bits per heavy atom. The molecular formula is C38H61OP. The van der Waals surface area contributed by atoms with Gasteiger partial charge < -0.3 is 4.52 Å². The van der Waals surface area contributed by atoms with E-state index in [0.29, 0.717) is 5.92 Å². The van der Waals surface area contributed by atoms with Crippen LogP contribution in [0.15, 0.2) is 24.3 Å². The zero-order valence-corrected chi connectivity index (χ0v) is 29.6. The predicted octanol–water partition coefficient (Wildman–Crippen LogP) is 12.2. The van der Waals surface area contributed by atoms with E-state index >= 15 is 0 Å². The summed E-state index contributed by atoms with van der Waals surface area (Å²) in [5.41, 5.74) is 12.2. The van der Waals surface area contributed by atoms with Crippen molar-refractivity contribution in [1.82, 2.24) is 0 Å². The van der Waals surface area contributed by atoms with E-state index in [9.17, 15) is 0 Å². The van der Waals surface area contributed by atoms with Crippen molar-refractivity contribution in [2.75, 3.05) is 6.61 Å². The van der Waals surface area contributed by atoms with Crippen LogP contribution in [0.2, 0.25) is 0 Å². The fraction of sp³-hybridized carbons (Fsp3) is 0.684. The molecule has 0 spiro atoms. The van der Waals surface area contributed by atoms with E-state index in [1.165, 1.54) is 70.2 Å². The second-order valence-electron chi connectivity index (χ2n) is 16.6. The molecule has 2 aromatic carbocycles. The van der Waals surface area contributed by atoms with Crippen molar-refractivity contribution in [2.24, 2.45) is 5.92 Å². The molecule has 0 N–H and O–H groups in total. The molecular weight excluding hydrogens is 503 g/mol. The largest absolute Gasteiger partial charge is 0.358 e. The summed E-state index contributed by atoms with van der Waals surface area (Å²) in [6.45, 7) is 34.1. The summed E-state index contributed by atoms with van der Waals surface area (Å²) in [7, 11) is -0.627. The van der Waals surface area contributed by atoms with E-state index < -0.39 is 8.15 Å². The maximum absolute atomic E-state index is 7.02. The summed E-state index contributed by atoms with van der Waals surface area (Å²) in [5, 5.41) is 0. The normalized spacial score (nSPS) is 15.9. The number of fused-ring (bicyclic) bond motifs is 3. The third kappa shape index (κ3) is 7.81. The van der Waals surface area contributed by atoms with Crippen LogP contribution < -0.4 is 0 Å². The summed E-state index contributed by atoms with van der Waals surface area (Å²) in [4.78, 5) is 0. The SMILES string of the molecule is CCCCC(CC)COP1Cc2c(cc(C(C)(C)C)cc2C(C)(C)C)-c2cc(C(C)(C)C)cc(C(C)(C)C)c2C1. The minimum Gasteiger partial charge on any atom is -0.358 e. The Hall–Kier alpha value is -1.17. The molecule has 1 atom stereocenters. The van der Waals surface area contributed by atoms with Crippen molar-refractivity contribution in [3.63, 3.8) is 0 Å².